The summed E-state index contributed by atoms with van der Waals surface area (Å²) >= 11 is 0. The number of benzene rings is 1. The first-order valence-corrected chi connectivity index (χ1v) is 10.9. The summed E-state index contributed by atoms with van der Waals surface area (Å²) in [6.45, 7) is 12.7. The topological polar surface area (TPSA) is 58.1 Å². The minimum atomic E-state index is -0.303. The lowest BCUT2D eigenvalue weighted by Gasteiger charge is -2.33. The second-order valence-corrected chi connectivity index (χ2v) is 8.97. The SMILES string of the molecule is CCNC(=NCC(OC)C(C)(C)C)NC1CCN(Cc2ccc(OC)c(F)c2)CC1. The maximum absolute atomic E-state index is 13.9. The van der Waals surface area contributed by atoms with Gasteiger partial charge in [0.1, 0.15) is 0 Å². The number of rotatable bonds is 8. The van der Waals surface area contributed by atoms with E-state index in [9.17, 15) is 4.39 Å². The van der Waals surface area contributed by atoms with E-state index in [4.69, 9.17) is 14.5 Å². The summed E-state index contributed by atoms with van der Waals surface area (Å²) in [5, 5.41) is 6.92. The molecule has 6 nitrogen and oxygen atoms in total. The van der Waals surface area contributed by atoms with Gasteiger partial charge in [0.05, 0.1) is 19.8 Å². The minimum Gasteiger partial charge on any atom is -0.494 e. The van der Waals surface area contributed by atoms with Gasteiger partial charge in [0, 0.05) is 39.3 Å². The molecule has 1 aliphatic heterocycles. The molecule has 0 amide bonds. The molecule has 2 rings (SSSR count). The molecular formula is C23H39FN4O2. The van der Waals surface area contributed by atoms with Crippen molar-refractivity contribution in [1.29, 1.82) is 0 Å². The number of halogens is 1. The molecular weight excluding hydrogens is 383 g/mol. The highest BCUT2D eigenvalue weighted by Crippen LogP contribution is 2.22. The van der Waals surface area contributed by atoms with Crippen LogP contribution in [-0.4, -0.2) is 63.4 Å². The summed E-state index contributed by atoms with van der Waals surface area (Å²) in [5.74, 6) is 0.834. The molecule has 1 saturated heterocycles. The lowest BCUT2D eigenvalue weighted by Crippen LogP contribution is -2.49. The van der Waals surface area contributed by atoms with E-state index in [0.29, 0.717) is 18.3 Å². The van der Waals surface area contributed by atoms with Gasteiger partial charge in [-0.1, -0.05) is 26.8 Å². The van der Waals surface area contributed by atoms with Gasteiger partial charge in [-0.15, -0.1) is 0 Å². The highest BCUT2D eigenvalue weighted by Gasteiger charge is 2.25. The van der Waals surface area contributed by atoms with Crippen LogP contribution < -0.4 is 15.4 Å². The van der Waals surface area contributed by atoms with Crippen LogP contribution in [0.2, 0.25) is 0 Å². The van der Waals surface area contributed by atoms with Crippen molar-refractivity contribution < 1.29 is 13.9 Å². The van der Waals surface area contributed by atoms with Crippen LogP contribution in [0.4, 0.5) is 4.39 Å². The van der Waals surface area contributed by atoms with Gasteiger partial charge in [-0.25, -0.2) is 4.39 Å². The molecule has 7 heteroatoms. The average molecular weight is 423 g/mol. The van der Waals surface area contributed by atoms with Crippen molar-refractivity contribution in [2.75, 3.05) is 40.4 Å². The number of hydrogen-bond donors (Lipinski definition) is 2. The van der Waals surface area contributed by atoms with Gasteiger partial charge in [-0.2, -0.15) is 0 Å². The van der Waals surface area contributed by atoms with Crippen LogP contribution in [0.1, 0.15) is 46.1 Å². The molecule has 1 aromatic rings. The Kier molecular flexibility index (Phi) is 9.37. The number of hydrogen-bond acceptors (Lipinski definition) is 4. The fraction of sp³-hybridized carbons (Fsp3) is 0.696. The second kappa shape index (κ2) is 11.5. The smallest absolute Gasteiger partial charge is 0.191 e. The summed E-state index contributed by atoms with van der Waals surface area (Å²) in [6.07, 6.45) is 2.12. The highest BCUT2D eigenvalue weighted by molar-refractivity contribution is 5.80. The van der Waals surface area contributed by atoms with Crippen LogP contribution in [0.5, 0.6) is 5.75 Å². The molecule has 0 bridgehead atoms. The largest absolute Gasteiger partial charge is 0.494 e. The number of piperidine rings is 1. The predicted octanol–water partition coefficient (Wildman–Crippen LogP) is 3.41. The lowest BCUT2D eigenvalue weighted by atomic mass is 9.89. The third kappa shape index (κ3) is 7.43. The molecule has 1 heterocycles. The standard InChI is InChI=1S/C23H39FN4O2/c1-7-25-22(26-15-21(30-6)23(2,3)4)27-18-10-12-28(13-11-18)16-17-8-9-20(29-5)19(24)14-17/h8-9,14,18,21H,7,10-13,15-16H2,1-6H3,(H2,25,26,27). The third-order valence-electron chi connectivity index (χ3n) is 5.56. The molecule has 0 saturated carbocycles. The Hall–Kier alpha value is -1.86. The van der Waals surface area contributed by atoms with Crippen LogP contribution in [-0.2, 0) is 11.3 Å². The van der Waals surface area contributed by atoms with Crippen molar-refractivity contribution in [3.05, 3.63) is 29.6 Å². The Morgan fingerprint density at radius 1 is 1.27 bits per heavy atom. The molecule has 2 N–H and O–H groups in total. The van der Waals surface area contributed by atoms with Gasteiger partial charge in [-0.05, 0) is 42.9 Å². The van der Waals surface area contributed by atoms with Gasteiger partial charge >= 0.3 is 0 Å². The summed E-state index contributed by atoms with van der Waals surface area (Å²) in [7, 11) is 3.23. The first-order chi connectivity index (χ1) is 14.3. The Morgan fingerprint density at radius 2 is 1.97 bits per heavy atom. The summed E-state index contributed by atoms with van der Waals surface area (Å²) in [6, 6.07) is 5.58. The number of nitrogens with zero attached hydrogens (tertiary/aromatic N) is 2. The summed E-state index contributed by atoms with van der Waals surface area (Å²) in [5.41, 5.74) is 1.02. The molecule has 1 aliphatic rings. The Morgan fingerprint density at radius 3 is 2.50 bits per heavy atom. The Balaban J connectivity index is 1.86. The first-order valence-electron chi connectivity index (χ1n) is 10.9. The number of methoxy groups -OCH3 is 2. The Bertz CT molecular complexity index is 682. The third-order valence-corrected chi connectivity index (χ3v) is 5.56. The predicted molar refractivity (Wildman–Crippen MR) is 121 cm³/mol. The van der Waals surface area contributed by atoms with E-state index in [-0.39, 0.29) is 17.3 Å². The monoisotopic (exact) mass is 422 g/mol. The normalized spacial score (nSPS) is 17.6. The molecule has 30 heavy (non-hydrogen) atoms. The first kappa shape index (κ1) is 24.4. The fourth-order valence-electron chi connectivity index (χ4n) is 3.69. The number of guanidine groups is 1. The van der Waals surface area contributed by atoms with E-state index in [1.165, 1.54) is 7.11 Å². The van der Waals surface area contributed by atoms with Crippen molar-refractivity contribution in [3.63, 3.8) is 0 Å². The van der Waals surface area contributed by atoms with Crippen LogP contribution in [0.25, 0.3) is 0 Å². The molecule has 1 fully saturated rings. The molecule has 1 atom stereocenters. The van der Waals surface area contributed by atoms with Gasteiger partial charge in [0.2, 0.25) is 0 Å². The van der Waals surface area contributed by atoms with E-state index in [0.717, 1.165) is 50.5 Å². The maximum Gasteiger partial charge on any atom is 0.191 e. The zero-order valence-corrected chi connectivity index (χ0v) is 19.4. The molecule has 0 aromatic heterocycles. The molecule has 1 aromatic carbocycles. The number of nitrogens with one attached hydrogen (secondary N) is 2. The zero-order valence-electron chi connectivity index (χ0n) is 19.4. The van der Waals surface area contributed by atoms with Crippen molar-refractivity contribution in [1.82, 2.24) is 15.5 Å². The molecule has 170 valence electrons. The molecule has 0 aliphatic carbocycles. The molecule has 0 spiro atoms. The summed E-state index contributed by atoms with van der Waals surface area (Å²) < 4.78 is 24.6. The molecule has 0 radical (unpaired) electrons. The maximum atomic E-state index is 13.9. The van der Waals surface area contributed by atoms with E-state index in [1.54, 1.807) is 19.2 Å². The van der Waals surface area contributed by atoms with Crippen LogP contribution in [0, 0.1) is 11.2 Å². The van der Waals surface area contributed by atoms with Crippen LogP contribution >= 0.6 is 0 Å². The second-order valence-electron chi connectivity index (χ2n) is 8.97. The van der Waals surface area contributed by atoms with E-state index >= 15 is 0 Å². The van der Waals surface area contributed by atoms with Gasteiger partial charge in [0.25, 0.3) is 0 Å². The zero-order chi connectivity index (χ0) is 22.1. The van der Waals surface area contributed by atoms with Gasteiger partial charge in [-0.3, -0.25) is 9.89 Å². The molecule has 1 unspecified atom stereocenters. The van der Waals surface area contributed by atoms with E-state index in [2.05, 4.69) is 43.2 Å². The van der Waals surface area contributed by atoms with Crippen LogP contribution in [0.3, 0.4) is 0 Å². The van der Waals surface area contributed by atoms with Gasteiger partial charge in [0.15, 0.2) is 17.5 Å². The highest BCUT2D eigenvalue weighted by atomic mass is 19.1. The van der Waals surface area contributed by atoms with E-state index < -0.39 is 0 Å². The van der Waals surface area contributed by atoms with E-state index in [1.807, 2.05) is 6.07 Å². The van der Waals surface area contributed by atoms with Crippen molar-refractivity contribution in [2.45, 2.75) is 59.2 Å². The number of ether oxygens (including phenoxy) is 2. The summed E-state index contributed by atoms with van der Waals surface area (Å²) in [4.78, 5) is 7.13. The van der Waals surface area contributed by atoms with Crippen LogP contribution in [0.15, 0.2) is 23.2 Å². The minimum absolute atomic E-state index is 0.0435. The van der Waals surface area contributed by atoms with Crippen molar-refractivity contribution in [2.24, 2.45) is 10.4 Å². The lowest BCUT2D eigenvalue weighted by molar-refractivity contribution is 0.0241. The van der Waals surface area contributed by atoms with Crippen molar-refractivity contribution in [3.8, 4) is 5.75 Å². The Labute approximate surface area is 181 Å². The van der Waals surface area contributed by atoms with Crippen molar-refractivity contribution >= 4 is 5.96 Å². The number of aliphatic imine (C=N–C) groups is 1. The van der Waals surface area contributed by atoms with Gasteiger partial charge < -0.3 is 20.1 Å². The average Bonchev–Trinajstić information content (AvgIpc) is 2.69. The fourth-order valence-corrected chi connectivity index (χ4v) is 3.69. The quantitative estimate of drug-likeness (QED) is 0.497. The number of likely N-dealkylation sites (tertiary alicyclic amines) is 1.